The van der Waals surface area contributed by atoms with Crippen LogP contribution in [0.1, 0.15) is 5.56 Å². The SMILES string of the molecule is COc1cc(NC(=O)Cn2c(=O)n(Cc3ccc(Cl)cc3)c(=O)c3ccccc32)cc(OC)c1. The van der Waals surface area contributed by atoms with Crippen molar-refractivity contribution in [2.75, 3.05) is 19.5 Å². The van der Waals surface area contributed by atoms with Gasteiger partial charge in [0.2, 0.25) is 5.91 Å². The van der Waals surface area contributed by atoms with Crippen LogP contribution in [0, 0.1) is 0 Å². The molecule has 0 atom stereocenters. The van der Waals surface area contributed by atoms with Crippen molar-refractivity contribution >= 4 is 34.1 Å². The molecule has 0 saturated heterocycles. The molecule has 1 amide bonds. The minimum absolute atomic E-state index is 0.0500. The minimum Gasteiger partial charge on any atom is -0.497 e. The molecule has 34 heavy (non-hydrogen) atoms. The first-order chi connectivity index (χ1) is 16.4. The van der Waals surface area contributed by atoms with E-state index in [0.29, 0.717) is 33.1 Å². The van der Waals surface area contributed by atoms with Gasteiger partial charge in [0.15, 0.2) is 0 Å². The highest BCUT2D eigenvalue weighted by Crippen LogP contribution is 2.25. The summed E-state index contributed by atoms with van der Waals surface area (Å²) < 4.78 is 12.9. The molecule has 0 radical (unpaired) electrons. The second kappa shape index (κ2) is 9.84. The molecule has 3 aromatic carbocycles. The van der Waals surface area contributed by atoms with E-state index in [1.54, 1.807) is 66.7 Å². The number of hydrogen-bond acceptors (Lipinski definition) is 5. The number of aromatic nitrogens is 2. The zero-order valence-electron chi connectivity index (χ0n) is 18.6. The van der Waals surface area contributed by atoms with Crippen LogP contribution in [0.25, 0.3) is 10.9 Å². The largest absolute Gasteiger partial charge is 0.497 e. The third-order valence-corrected chi connectivity index (χ3v) is 5.58. The Hall–Kier alpha value is -4.04. The third-order valence-electron chi connectivity index (χ3n) is 5.32. The number of carbonyl (C=O) groups excluding carboxylic acids is 1. The highest BCUT2D eigenvalue weighted by molar-refractivity contribution is 6.30. The van der Waals surface area contributed by atoms with Gasteiger partial charge in [0.1, 0.15) is 18.0 Å². The molecule has 9 heteroatoms. The smallest absolute Gasteiger partial charge is 0.332 e. The maximum absolute atomic E-state index is 13.3. The minimum atomic E-state index is -0.586. The van der Waals surface area contributed by atoms with E-state index in [2.05, 4.69) is 5.32 Å². The summed E-state index contributed by atoms with van der Waals surface area (Å²) >= 11 is 5.95. The number of fused-ring (bicyclic) bond motifs is 1. The number of nitrogens with zero attached hydrogens (tertiary/aromatic N) is 2. The summed E-state index contributed by atoms with van der Waals surface area (Å²) in [5.41, 5.74) is 0.552. The average molecular weight is 480 g/mol. The Morgan fingerprint density at radius 3 is 2.21 bits per heavy atom. The van der Waals surface area contributed by atoms with Gasteiger partial charge in [0, 0.05) is 28.9 Å². The Morgan fingerprint density at radius 1 is 0.912 bits per heavy atom. The molecule has 1 heterocycles. The quantitative estimate of drug-likeness (QED) is 0.438. The van der Waals surface area contributed by atoms with Crippen molar-refractivity contribution in [2.45, 2.75) is 13.1 Å². The fourth-order valence-corrected chi connectivity index (χ4v) is 3.79. The summed E-state index contributed by atoms with van der Waals surface area (Å²) in [7, 11) is 3.02. The van der Waals surface area contributed by atoms with Gasteiger partial charge >= 0.3 is 5.69 Å². The molecule has 0 spiro atoms. The Labute approximate surface area is 199 Å². The van der Waals surface area contributed by atoms with E-state index in [1.807, 2.05) is 0 Å². The average Bonchev–Trinajstić information content (AvgIpc) is 2.85. The second-order valence-corrected chi connectivity index (χ2v) is 7.99. The van der Waals surface area contributed by atoms with Crippen molar-refractivity contribution in [3.8, 4) is 11.5 Å². The number of nitrogens with one attached hydrogen (secondary N) is 1. The van der Waals surface area contributed by atoms with Gasteiger partial charge in [0.05, 0.1) is 31.7 Å². The topological polar surface area (TPSA) is 91.6 Å². The maximum Gasteiger partial charge on any atom is 0.332 e. The predicted molar refractivity (Wildman–Crippen MR) is 131 cm³/mol. The summed E-state index contributed by atoms with van der Waals surface area (Å²) in [5, 5.41) is 3.65. The standard InChI is InChI=1S/C25H22ClN3O5/c1-33-19-11-18(12-20(13-19)34-2)27-23(30)15-28-22-6-4-3-5-21(22)24(31)29(25(28)32)14-16-7-9-17(26)10-8-16/h3-13H,14-15H2,1-2H3,(H,27,30). The molecule has 0 bridgehead atoms. The van der Waals surface area contributed by atoms with E-state index >= 15 is 0 Å². The van der Waals surface area contributed by atoms with Gasteiger partial charge in [-0.1, -0.05) is 35.9 Å². The first-order valence-electron chi connectivity index (χ1n) is 10.4. The number of para-hydroxylation sites is 1. The molecule has 0 aliphatic rings. The van der Waals surface area contributed by atoms with Crippen LogP contribution < -0.4 is 26.0 Å². The highest BCUT2D eigenvalue weighted by atomic mass is 35.5. The number of amides is 1. The predicted octanol–water partition coefficient (Wildman–Crippen LogP) is 3.52. The number of anilines is 1. The fourth-order valence-electron chi connectivity index (χ4n) is 3.66. The Morgan fingerprint density at radius 2 is 1.56 bits per heavy atom. The van der Waals surface area contributed by atoms with Crippen molar-refractivity contribution in [2.24, 2.45) is 0 Å². The second-order valence-electron chi connectivity index (χ2n) is 7.55. The van der Waals surface area contributed by atoms with Crippen molar-refractivity contribution in [3.63, 3.8) is 0 Å². The number of ether oxygens (including phenoxy) is 2. The van der Waals surface area contributed by atoms with E-state index < -0.39 is 17.2 Å². The lowest BCUT2D eigenvalue weighted by atomic mass is 10.2. The molecule has 0 aliphatic carbocycles. The molecule has 0 unspecified atom stereocenters. The molecule has 0 fully saturated rings. The van der Waals surface area contributed by atoms with Crippen LogP contribution in [0.5, 0.6) is 11.5 Å². The van der Waals surface area contributed by atoms with Crippen LogP contribution in [0.2, 0.25) is 5.02 Å². The van der Waals surface area contributed by atoms with Crippen molar-refractivity contribution < 1.29 is 14.3 Å². The molecule has 8 nitrogen and oxygen atoms in total. The van der Waals surface area contributed by atoms with E-state index in [9.17, 15) is 14.4 Å². The van der Waals surface area contributed by atoms with Gasteiger partial charge in [0.25, 0.3) is 5.56 Å². The zero-order chi connectivity index (χ0) is 24.2. The summed E-state index contributed by atoms with van der Waals surface area (Å²) in [6, 6.07) is 18.6. The Balaban J connectivity index is 1.72. The van der Waals surface area contributed by atoms with Crippen LogP contribution in [-0.4, -0.2) is 29.3 Å². The molecule has 0 saturated carbocycles. The molecule has 0 aliphatic heterocycles. The van der Waals surface area contributed by atoms with E-state index in [4.69, 9.17) is 21.1 Å². The van der Waals surface area contributed by atoms with E-state index in [1.165, 1.54) is 18.8 Å². The lowest BCUT2D eigenvalue weighted by Gasteiger charge is -2.15. The van der Waals surface area contributed by atoms with Gasteiger partial charge < -0.3 is 14.8 Å². The number of methoxy groups -OCH3 is 2. The number of carbonyl (C=O) groups is 1. The molecular weight excluding hydrogens is 458 g/mol. The number of rotatable bonds is 7. The lowest BCUT2D eigenvalue weighted by Crippen LogP contribution is -2.42. The Bertz CT molecular complexity index is 1450. The molecule has 1 aromatic heterocycles. The van der Waals surface area contributed by atoms with E-state index in [0.717, 1.165) is 10.1 Å². The maximum atomic E-state index is 13.3. The van der Waals surface area contributed by atoms with Crippen LogP contribution in [0.3, 0.4) is 0 Å². The monoisotopic (exact) mass is 479 g/mol. The summed E-state index contributed by atoms with van der Waals surface area (Å²) in [6.07, 6.45) is 0. The van der Waals surface area contributed by atoms with Gasteiger partial charge in [-0.25, -0.2) is 4.79 Å². The Kier molecular flexibility index (Phi) is 6.70. The molecular formula is C25H22ClN3O5. The van der Waals surface area contributed by atoms with Crippen LogP contribution in [0.4, 0.5) is 5.69 Å². The zero-order valence-corrected chi connectivity index (χ0v) is 19.3. The lowest BCUT2D eigenvalue weighted by molar-refractivity contribution is -0.116. The van der Waals surface area contributed by atoms with Gasteiger partial charge in [-0.15, -0.1) is 0 Å². The summed E-state index contributed by atoms with van der Waals surface area (Å²) in [4.78, 5) is 39.3. The summed E-state index contributed by atoms with van der Waals surface area (Å²) in [5.74, 6) is 0.571. The van der Waals surface area contributed by atoms with Crippen molar-refractivity contribution in [1.82, 2.24) is 9.13 Å². The van der Waals surface area contributed by atoms with E-state index in [-0.39, 0.29) is 13.1 Å². The normalized spacial score (nSPS) is 10.8. The third kappa shape index (κ3) is 4.82. The van der Waals surface area contributed by atoms with Gasteiger partial charge in [-0.2, -0.15) is 0 Å². The van der Waals surface area contributed by atoms with Crippen molar-refractivity contribution in [1.29, 1.82) is 0 Å². The first kappa shape index (κ1) is 23.1. The number of benzene rings is 3. The number of hydrogen-bond donors (Lipinski definition) is 1. The fraction of sp³-hybridized carbons (Fsp3) is 0.160. The van der Waals surface area contributed by atoms with Crippen LogP contribution in [0.15, 0.2) is 76.3 Å². The van der Waals surface area contributed by atoms with Gasteiger partial charge in [-0.05, 0) is 29.8 Å². The molecule has 1 N–H and O–H groups in total. The van der Waals surface area contributed by atoms with Crippen LogP contribution in [-0.2, 0) is 17.9 Å². The highest BCUT2D eigenvalue weighted by Gasteiger charge is 2.16. The molecule has 174 valence electrons. The molecule has 4 aromatic rings. The molecule has 4 rings (SSSR count). The van der Waals surface area contributed by atoms with Crippen LogP contribution >= 0.6 is 11.6 Å². The van der Waals surface area contributed by atoms with Crippen molar-refractivity contribution in [3.05, 3.63) is 98.2 Å². The first-order valence-corrected chi connectivity index (χ1v) is 10.8. The summed E-state index contributed by atoms with van der Waals surface area (Å²) in [6.45, 7) is -0.242. The number of halogens is 1. The van der Waals surface area contributed by atoms with Gasteiger partial charge in [-0.3, -0.25) is 18.7 Å².